The normalized spacial score (nSPS) is 16.8. The van der Waals surface area contributed by atoms with Crippen molar-refractivity contribution in [2.75, 3.05) is 25.0 Å². The zero-order chi connectivity index (χ0) is 21.4. The summed E-state index contributed by atoms with van der Waals surface area (Å²) in [5, 5.41) is 5.56. The van der Waals surface area contributed by atoms with Gasteiger partial charge in [0.05, 0.1) is 12.1 Å². The fraction of sp³-hybridized carbons (Fsp3) is 0.125. The van der Waals surface area contributed by atoms with Crippen LogP contribution in [0.1, 0.15) is 21.7 Å². The van der Waals surface area contributed by atoms with Gasteiger partial charge in [-0.1, -0.05) is 30.3 Å². The smallest absolute Gasteiger partial charge is 0.256 e. The third-order valence-electron chi connectivity index (χ3n) is 5.34. The molecule has 2 aliphatic rings. The lowest BCUT2D eigenvalue weighted by atomic mass is 10.1. The Kier molecular flexibility index (Phi) is 4.63. The van der Waals surface area contributed by atoms with Crippen molar-refractivity contribution in [2.45, 2.75) is 0 Å². The van der Waals surface area contributed by atoms with E-state index in [-0.39, 0.29) is 24.3 Å². The van der Waals surface area contributed by atoms with E-state index >= 15 is 0 Å². The first kappa shape index (κ1) is 18.9. The first-order chi connectivity index (χ1) is 15.1. The number of para-hydroxylation sites is 1. The lowest BCUT2D eigenvalue weighted by Crippen LogP contribution is -2.49. The number of hydrogen-bond acceptors (Lipinski definition) is 4. The molecule has 0 bridgehead atoms. The second-order valence-corrected chi connectivity index (χ2v) is 7.42. The Hall–Kier alpha value is -4.13. The van der Waals surface area contributed by atoms with E-state index < -0.39 is 0 Å². The van der Waals surface area contributed by atoms with E-state index in [1.807, 2.05) is 36.4 Å². The molecule has 2 aromatic carbocycles. The van der Waals surface area contributed by atoms with Gasteiger partial charge in [-0.25, -0.2) is 0 Å². The molecule has 5 rings (SSSR count). The molecular formula is C24H19N3O4. The van der Waals surface area contributed by atoms with E-state index in [0.29, 0.717) is 35.7 Å². The highest BCUT2D eigenvalue weighted by Crippen LogP contribution is 2.33. The molecule has 0 radical (unpaired) electrons. The highest BCUT2D eigenvalue weighted by molar-refractivity contribution is 6.34. The highest BCUT2D eigenvalue weighted by Gasteiger charge is 2.24. The van der Waals surface area contributed by atoms with Crippen LogP contribution in [0.5, 0.6) is 0 Å². The molecule has 1 aromatic heterocycles. The van der Waals surface area contributed by atoms with Gasteiger partial charge in [-0.15, -0.1) is 0 Å². The van der Waals surface area contributed by atoms with Crippen LogP contribution in [0.25, 0.3) is 23.0 Å². The molecule has 3 aromatic rings. The van der Waals surface area contributed by atoms with Crippen molar-refractivity contribution in [3.63, 3.8) is 0 Å². The van der Waals surface area contributed by atoms with E-state index in [9.17, 15) is 14.4 Å². The van der Waals surface area contributed by atoms with Crippen molar-refractivity contribution in [2.24, 2.45) is 0 Å². The van der Waals surface area contributed by atoms with E-state index in [0.717, 1.165) is 16.8 Å². The summed E-state index contributed by atoms with van der Waals surface area (Å²) in [7, 11) is 0. The molecule has 7 nitrogen and oxygen atoms in total. The van der Waals surface area contributed by atoms with Crippen LogP contribution in [0.2, 0.25) is 0 Å². The minimum Gasteiger partial charge on any atom is -0.457 e. The number of nitrogens with one attached hydrogen (secondary N) is 2. The number of carbonyl (C=O) groups excluding carboxylic acids is 3. The molecule has 3 heterocycles. The maximum Gasteiger partial charge on any atom is 0.256 e. The van der Waals surface area contributed by atoms with Crippen molar-refractivity contribution in [3.05, 3.63) is 77.6 Å². The fourth-order valence-corrected chi connectivity index (χ4v) is 3.81. The average Bonchev–Trinajstić information content (AvgIpc) is 3.38. The zero-order valence-electron chi connectivity index (χ0n) is 16.6. The van der Waals surface area contributed by atoms with Crippen LogP contribution in [-0.2, 0) is 9.59 Å². The summed E-state index contributed by atoms with van der Waals surface area (Å²) >= 11 is 0. The fourth-order valence-electron chi connectivity index (χ4n) is 3.81. The number of amides is 3. The summed E-state index contributed by atoms with van der Waals surface area (Å²) in [6, 6.07) is 18.2. The molecule has 0 atom stereocenters. The molecule has 1 saturated heterocycles. The number of fused-ring (bicyclic) bond motifs is 1. The number of carbonyl (C=O) groups is 3. The topological polar surface area (TPSA) is 91.7 Å². The number of furan rings is 1. The van der Waals surface area contributed by atoms with Crippen molar-refractivity contribution in [1.29, 1.82) is 0 Å². The van der Waals surface area contributed by atoms with Crippen LogP contribution < -0.4 is 10.6 Å². The number of anilines is 1. The Labute approximate surface area is 178 Å². The molecule has 0 saturated carbocycles. The average molecular weight is 413 g/mol. The minimum atomic E-state index is -0.190. The monoisotopic (exact) mass is 413 g/mol. The maximum atomic E-state index is 12.8. The molecule has 2 N–H and O–H groups in total. The summed E-state index contributed by atoms with van der Waals surface area (Å²) in [6.45, 7) is 0.999. The number of piperazine rings is 1. The standard InChI is InChI=1S/C24H19N3O4/c28-22-14-27(11-10-25-22)24(30)16-5-3-4-15(12-16)21-9-8-17(31-21)13-19-18-6-1-2-7-20(18)26-23(19)29/h1-9,12-13H,10-11,14H2,(H,25,28)(H,26,29)/b19-13+. The van der Waals surface area contributed by atoms with Crippen molar-refractivity contribution in [3.8, 4) is 11.3 Å². The van der Waals surface area contributed by atoms with Crippen LogP contribution in [0.3, 0.4) is 0 Å². The predicted molar refractivity (Wildman–Crippen MR) is 116 cm³/mol. The minimum absolute atomic E-state index is 0.0606. The van der Waals surface area contributed by atoms with Gasteiger partial charge in [0.25, 0.3) is 11.8 Å². The summed E-state index contributed by atoms with van der Waals surface area (Å²) in [5.74, 6) is 0.616. The van der Waals surface area contributed by atoms with Gasteiger partial charge in [-0.05, 0) is 36.4 Å². The molecule has 7 heteroatoms. The van der Waals surface area contributed by atoms with Gasteiger partial charge < -0.3 is 20.0 Å². The molecule has 0 aliphatic carbocycles. The Morgan fingerprint density at radius 3 is 2.77 bits per heavy atom. The van der Waals surface area contributed by atoms with Gasteiger partial charge in [0.2, 0.25) is 5.91 Å². The molecule has 3 amide bonds. The molecule has 1 fully saturated rings. The molecule has 31 heavy (non-hydrogen) atoms. The number of hydrogen-bond donors (Lipinski definition) is 2. The summed E-state index contributed by atoms with van der Waals surface area (Å²) < 4.78 is 5.95. The summed E-state index contributed by atoms with van der Waals surface area (Å²) in [4.78, 5) is 38.2. The molecule has 2 aliphatic heterocycles. The molecule has 0 spiro atoms. The van der Waals surface area contributed by atoms with E-state index in [2.05, 4.69) is 10.6 Å². The lowest BCUT2D eigenvalue weighted by Gasteiger charge is -2.26. The number of nitrogens with zero attached hydrogens (tertiary/aromatic N) is 1. The predicted octanol–water partition coefficient (Wildman–Crippen LogP) is 3.01. The van der Waals surface area contributed by atoms with Crippen LogP contribution in [0.15, 0.2) is 65.1 Å². The van der Waals surface area contributed by atoms with Crippen LogP contribution in [0, 0.1) is 0 Å². The van der Waals surface area contributed by atoms with Crippen LogP contribution in [-0.4, -0.2) is 42.3 Å². The molecular weight excluding hydrogens is 394 g/mol. The largest absolute Gasteiger partial charge is 0.457 e. The first-order valence-electron chi connectivity index (χ1n) is 9.97. The Balaban J connectivity index is 1.41. The van der Waals surface area contributed by atoms with Crippen molar-refractivity contribution in [1.82, 2.24) is 10.2 Å². The van der Waals surface area contributed by atoms with Gasteiger partial charge >= 0.3 is 0 Å². The second kappa shape index (κ2) is 7.60. The quantitative estimate of drug-likeness (QED) is 0.646. The number of rotatable bonds is 3. The van der Waals surface area contributed by atoms with E-state index in [1.54, 1.807) is 30.3 Å². The molecule has 154 valence electrons. The van der Waals surface area contributed by atoms with Gasteiger partial charge in [-0.2, -0.15) is 0 Å². The Morgan fingerprint density at radius 1 is 1.03 bits per heavy atom. The maximum absolute atomic E-state index is 12.8. The van der Waals surface area contributed by atoms with E-state index in [1.165, 1.54) is 4.90 Å². The summed E-state index contributed by atoms with van der Waals surface area (Å²) in [5.41, 5.74) is 3.40. The first-order valence-corrected chi connectivity index (χ1v) is 9.97. The van der Waals surface area contributed by atoms with E-state index in [4.69, 9.17) is 4.42 Å². The van der Waals surface area contributed by atoms with Gasteiger partial charge in [-0.3, -0.25) is 14.4 Å². The Bertz CT molecular complexity index is 1240. The SMILES string of the molecule is O=C1CN(C(=O)c2cccc(-c3ccc(/C=C4/C(=O)Nc5ccccc54)o3)c2)CCN1. The second-order valence-electron chi connectivity index (χ2n) is 7.42. The zero-order valence-corrected chi connectivity index (χ0v) is 16.6. The van der Waals surface area contributed by atoms with Gasteiger partial charge in [0.1, 0.15) is 11.5 Å². The highest BCUT2D eigenvalue weighted by atomic mass is 16.3. The molecule has 0 unspecified atom stereocenters. The van der Waals surface area contributed by atoms with Crippen LogP contribution in [0.4, 0.5) is 5.69 Å². The third kappa shape index (κ3) is 3.61. The number of benzene rings is 2. The lowest BCUT2D eigenvalue weighted by molar-refractivity contribution is -0.123. The van der Waals surface area contributed by atoms with Crippen LogP contribution >= 0.6 is 0 Å². The Morgan fingerprint density at radius 2 is 1.90 bits per heavy atom. The van der Waals surface area contributed by atoms with Gasteiger partial charge in [0.15, 0.2) is 0 Å². The third-order valence-corrected chi connectivity index (χ3v) is 5.34. The summed E-state index contributed by atoms with van der Waals surface area (Å²) in [6.07, 6.45) is 1.71. The van der Waals surface area contributed by atoms with Crippen molar-refractivity contribution >= 4 is 35.1 Å². The van der Waals surface area contributed by atoms with Crippen molar-refractivity contribution < 1.29 is 18.8 Å². The van der Waals surface area contributed by atoms with Gasteiger partial charge in [0, 0.05) is 35.5 Å².